The van der Waals surface area contributed by atoms with Crippen LogP contribution in [0.25, 0.3) is 0 Å². The smallest absolute Gasteiger partial charge is 0.303 e. The van der Waals surface area contributed by atoms with Crippen molar-refractivity contribution in [1.82, 2.24) is 10.2 Å². The number of carboxylic acid groups (broad SMARTS) is 1. The minimum atomic E-state index is -0.738. The van der Waals surface area contributed by atoms with E-state index in [4.69, 9.17) is 5.11 Å². The number of carbonyl (C=O) groups is 2. The van der Waals surface area contributed by atoms with Crippen LogP contribution in [0.5, 0.6) is 0 Å². The molecule has 20 heavy (non-hydrogen) atoms. The molecule has 1 rings (SSSR count). The topological polar surface area (TPSA) is 69.6 Å². The molecule has 1 aliphatic rings. The van der Waals surface area contributed by atoms with Crippen molar-refractivity contribution in [3.63, 3.8) is 0 Å². The third-order valence-corrected chi connectivity index (χ3v) is 3.98. The van der Waals surface area contributed by atoms with Crippen LogP contribution in [-0.4, -0.2) is 47.6 Å². The molecule has 0 aromatic carbocycles. The highest BCUT2D eigenvalue weighted by molar-refractivity contribution is 5.81. The van der Waals surface area contributed by atoms with E-state index in [2.05, 4.69) is 12.2 Å². The fourth-order valence-corrected chi connectivity index (χ4v) is 2.54. The zero-order chi connectivity index (χ0) is 15.0. The Labute approximate surface area is 121 Å². The van der Waals surface area contributed by atoms with Crippen molar-refractivity contribution in [2.75, 3.05) is 19.6 Å². The highest BCUT2D eigenvalue weighted by Gasteiger charge is 2.21. The van der Waals surface area contributed by atoms with E-state index in [0.29, 0.717) is 12.3 Å². The van der Waals surface area contributed by atoms with Gasteiger partial charge in [-0.2, -0.15) is 0 Å². The molecule has 0 bridgehead atoms. The largest absolute Gasteiger partial charge is 0.481 e. The van der Waals surface area contributed by atoms with Gasteiger partial charge in [0.2, 0.25) is 5.91 Å². The summed E-state index contributed by atoms with van der Waals surface area (Å²) in [5.74, 6) is -0.169. The molecule has 0 aromatic rings. The first-order valence-electron chi connectivity index (χ1n) is 7.74. The lowest BCUT2D eigenvalue weighted by Crippen LogP contribution is -2.47. The van der Waals surface area contributed by atoms with E-state index in [-0.39, 0.29) is 18.4 Å². The Morgan fingerprint density at radius 2 is 1.80 bits per heavy atom. The van der Waals surface area contributed by atoms with Crippen LogP contribution in [0.1, 0.15) is 52.4 Å². The number of nitrogens with one attached hydrogen (secondary N) is 1. The van der Waals surface area contributed by atoms with Gasteiger partial charge in [-0.1, -0.05) is 6.92 Å². The van der Waals surface area contributed by atoms with E-state index in [1.54, 1.807) is 0 Å². The Balaban J connectivity index is 2.16. The quantitative estimate of drug-likeness (QED) is 0.714. The maximum absolute atomic E-state index is 12.2. The van der Waals surface area contributed by atoms with Crippen LogP contribution in [0.15, 0.2) is 0 Å². The lowest BCUT2D eigenvalue weighted by molar-refractivity contribution is -0.137. The highest BCUT2D eigenvalue weighted by Crippen LogP contribution is 2.11. The number of piperidine rings is 1. The molecule has 0 spiro atoms. The molecule has 5 nitrogen and oxygen atoms in total. The van der Waals surface area contributed by atoms with Crippen molar-refractivity contribution in [1.29, 1.82) is 0 Å². The zero-order valence-electron chi connectivity index (χ0n) is 12.7. The molecule has 0 aromatic heterocycles. The molecular formula is C15H28N2O3. The summed E-state index contributed by atoms with van der Waals surface area (Å²) in [6.45, 7) is 6.52. The highest BCUT2D eigenvalue weighted by atomic mass is 16.4. The summed E-state index contributed by atoms with van der Waals surface area (Å²) >= 11 is 0. The summed E-state index contributed by atoms with van der Waals surface area (Å²) in [7, 11) is 0. The Hall–Kier alpha value is -1.10. The number of aliphatic carboxylic acids is 1. The van der Waals surface area contributed by atoms with Gasteiger partial charge in [0.25, 0.3) is 0 Å². The molecule has 1 heterocycles. The van der Waals surface area contributed by atoms with Gasteiger partial charge in [-0.3, -0.25) is 9.59 Å². The number of likely N-dealkylation sites (tertiary alicyclic amines) is 1. The second-order valence-electron chi connectivity index (χ2n) is 5.89. The first kappa shape index (κ1) is 17.0. The number of carboxylic acids is 1. The van der Waals surface area contributed by atoms with Crippen LogP contribution in [0.4, 0.5) is 0 Å². The first-order valence-corrected chi connectivity index (χ1v) is 7.74. The molecule has 116 valence electrons. The lowest BCUT2D eigenvalue weighted by Gasteiger charge is -2.29. The van der Waals surface area contributed by atoms with Gasteiger partial charge in [-0.15, -0.1) is 0 Å². The Morgan fingerprint density at radius 3 is 2.40 bits per heavy atom. The van der Waals surface area contributed by atoms with Crippen molar-refractivity contribution in [3.05, 3.63) is 0 Å². The lowest BCUT2D eigenvalue weighted by atomic mass is 10.0. The number of hydrogen-bond acceptors (Lipinski definition) is 3. The molecule has 1 saturated heterocycles. The molecule has 2 atom stereocenters. The summed E-state index contributed by atoms with van der Waals surface area (Å²) in [4.78, 5) is 24.6. The van der Waals surface area contributed by atoms with Crippen LogP contribution in [0, 0.1) is 5.92 Å². The van der Waals surface area contributed by atoms with E-state index in [1.165, 1.54) is 6.42 Å². The van der Waals surface area contributed by atoms with Crippen molar-refractivity contribution in [2.45, 2.75) is 58.4 Å². The fraction of sp³-hybridized carbons (Fsp3) is 0.867. The van der Waals surface area contributed by atoms with Gasteiger partial charge >= 0.3 is 5.97 Å². The van der Waals surface area contributed by atoms with Crippen LogP contribution in [0.2, 0.25) is 0 Å². The third kappa shape index (κ3) is 6.37. The van der Waals surface area contributed by atoms with Gasteiger partial charge in [-0.05, 0) is 51.5 Å². The standard InChI is InChI=1S/C15H28N2O3/c1-12(6-7-14(18)19)8-9-16-13(2)15(20)17-10-4-3-5-11-17/h12-13,16H,3-11H2,1-2H3,(H,18,19). The average Bonchev–Trinajstić information content (AvgIpc) is 2.45. The number of hydrogen-bond donors (Lipinski definition) is 2. The monoisotopic (exact) mass is 284 g/mol. The number of amides is 1. The van der Waals surface area contributed by atoms with E-state index in [0.717, 1.165) is 38.9 Å². The summed E-state index contributed by atoms with van der Waals surface area (Å²) in [5.41, 5.74) is 0. The van der Waals surface area contributed by atoms with Crippen LogP contribution in [0.3, 0.4) is 0 Å². The second kappa shape index (κ2) is 8.95. The predicted molar refractivity (Wildman–Crippen MR) is 78.5 cm³/mol. The van der Waals surface area contributed by atoms with Crippen molar-refractivity contribution < 1.29 is 14.7 Å². The van der Waals surface area contributed by atoms with Gasteiger partial charge in [0.05, 0.1) is 6.04 Å². The van der Waals surface area contributed by atoms with E-state index < -0.39 is 5.97 Å². The van der Waals surface area contributed by atoms with Crippen LogP contribution >= 0.6 is 0 Å². The molecule has 2 N–H and O–H groups in total. The molecule has 1 amide bonds. The van der Waals surface area contributed by atoms with Crippen molar-refractivity contribution in [2.24, 2.45) is 5.92 Å². The summed E-state index contributed by atoms with van der Waals surface area (Å²) in [5, 5.41) is 11.9. The maximum Gasteiger partial charge on any atom is 0.303 e. The van der Waals surface area contributed by atoms with Gasteiger partial charge in [-0.25, -0.2) is 0 Å². The fourth-order valence-electron chi connectivity index (χ4n) is 2.54. The van der Waals surface area contributed by atoms with Crippen LogP contribution in [-0.2, 0) is 9.59 Å². The average molecular weight is 284 g/mol. The molecule has 0 saturated carbocycles. The zero-order valence-corrected chi connectivity index (χ0v) is 12.7. The molecule has 1 fully saturated rings. The molecule has 2 unspecified atom stereocenters. The summed E-state index contributed by atoms with van der Waals surface area (Å²) < 4.78 is 0. The normalized spacial score (nSPS) is 18.6. The Morgan fingerprint density at radius 1 is 1.15 bits per heavy atom. The SMILES string of the molecule is CC(CCNC(C)C(=O)N1CCCCC1)CCC(=O)O. The maximum atomic E-state index is 12.2. The van der Waals surface area contributed by atoms with Gasteiger partial charge in [0, 0.05) is 19.5 Å². The van der Waals surface area contributed by atoms with Gasteiger partial charge < -0.3 is 15.3 Å². The summed E-state index contributed by atoms with van der Waals surface area (Å²) in [6.07, 6.45) is 5.29. The summed E-state index contributed by atoms with van der Waals surface area (Å²) in [6, 6.07) is -0.139. The van der Waals surface area contributed by atoms with E-state index in [9.17, 15) is 9.59 Å². The molecule has 0 radical (unpaired) electrons. The molecule has 0 aliphatic carbocycles. The third-order valence-electron chi connectivity index (χ3n) is 3.98. The minimum Gasteiger partial charge on any atom is -0.481 e. The predicted octanol–water partition coefficient (Wildman–Crippen LogP) is 1.87. The molecular weight excluding hydrogens is 256 g/mol. The number of carbonyl (C=O) groups excluding carboxylic acids is 1. The second-order valence-corrected chi connectivity index (χ2v) is 5.89. The van der Waals surface area contributed by atoms with E-state index >= 15 is 0 Å². The Bertz CT molecular complexity index is 314. The Kier molecular flexibility index (Phi) is 7.59. The minimum absolute atomic E-state index is 0.139. The van der Waals surface area contributed by atoms with Crippen molar-refractivity contribution in [3.8, 4) is 0 Å². The number of nitrogens with zero attached hydrogens (tertiary/aromatic N) is 1. The van der Waals surface area contributed by atoms with Crippen LogP contribution < -0.4 is 5.32 Å². The van der Waals surface area contributed by atoms with Gasteiger partial charge in [0.15, 0.2) is 0 Å². The molecule has 5 heteroatoms. The first-order chi connectivity index (χ1) is 9.50. The number of rotatable bonds is 8. The van der Waals surface area contributed by atoms with Gasteiger partial charge in [0.1, 0.15) is 0 Å². The van der Waals surface area contributed by atoms with E-state index in [1.807, 2.05) is 11.8 Å². The van der Waals surface area contributed by atoms with Crippen molar-refractivity contribution >= 4 is 11.9 Å². The molecule has 1 aliphatic heterocycles.